The largest absolute Gasteiger partial charge is 0.497 e. The SMILES string of the molecule is COc1ccc(C)c(N2CCC(O)C(C)C2)c1. The van der Waals surface area contributed by atoms with Crippen LogP contribution in [-0.4, -0.2) is 31.4 Å². The predicted octanol–water partition coefficient (Wildman–Crippen LogP) is 2.21. The maximum absolute atomic E-state index is 9.76. The Bertz CT molecular complexity index is 392. The molecule has 0 aliphatic carbocycles. The maximum Gasteiger partial charge on any atom is 0.120 e. The molecule has 94 valence electrons. The van der Waals surface area contributed by atoms with Gasteiger partial charge in [0.05, 0.1) is 13.2 Å². The van der Waals surface area contributed by atoms with Crippen molar-refractivity contribution in [3.8, 4) is 5.75 Å². The third-order valence-electron chi connectivity index (χ3n) is 3.62. The smallest absolute Gasteiger partial charge is 0.120 e. The van der Waals surface area contributed by atoms with Crippen molar-refractivity contribution < 1.29 is 9.84 Å². The minimum Gasteiger partial charge on any atom is -0.497 e. The molecule has 2 atom stereocenters. The number of rotatable bonds is 2. The average molecular weight is 235 g/mol. The maximum atomic E-state index is 9.76. The van der Waals surface area contributed by atoms with Crippen molar-refractivity contribution in [3.05, 3.63) is 23.8 Å². The Morgan fingerprint density at radius 2 is 2.18 bits per heavy atom. The second kappa shape index (κ2) is 4.96. The van der Waals surface area contributed by atoms with Crippen molar-refractivity contribution in [2.45, 2.75) is 26.4 Å². The summed E-state index contributed by atoms with van der Waals surface area (Å²) in [7, 11) is 1.69. The van der Waals surface area contributed by atoms with E-state index in [1.807, 2.05) is 6.07 Å². The average Bonchev–Trinajstić information content (AvgIpc) is 2.33. The molecule has 0 aromatic heterocycles. The van der Waals surface area contributed by atoms with Crippen LogP contribution in [0.4, 0.5) is 5.69 Å². The topological polar surface area (TPSA) is 32.7 Å². The fraction of sp³-hybridized carbons (Fsp3) is 0.571. The summed E-state index contributed by atoms with van der Waals surface area (Å²) in [6.07, 6.45) is 0.690. The van der Waals surface area contributed by atoms with Crippen LogP contribution in [0.1, 0.15) is 18.9 Å². The molecule has 2 rings (SSSR count). The van der Waals surface area contributed by atoms with Crippen LogP contribution in [0.5, 0.6) is 5.75 Å². The third-order valence-corrected chi connectivity index (χ3v) is 3.62. The van der Waals surface area contributed by atoms with Crippen molar-refractivity contribution in [3.63, 3.8) is 0 Å². The summed E-state index contributed by atoms with van der Waals surface area (Å²) >= 11 is 0. The molecule has 1 aromatic rings. The van der Waals surface area contributed by atoms with Crippen LogP contribution in [0.3, 0.4) is 0 Å². The Balaban J connectivity index is 2.21. The number of nitrogens with zero attached hydrogens (tertiary/aromatic N) is 1. The number of aliphatic hydroxyl groups is 1. The molecule has 1 heterocycles. The number of piperidine rings is 1. The van der Waals surface area contributed by atoms with Crippen LogP contribution in [0.25, 0.3) is 0 Å². The lowest BCUT2D eigenvalue weighted by atomic mass is 9.96. The lowest BCUT2D eigenvalue weighted by molar-refractivity contribution is 0.0970. The number of ether oxygens (including phenoxy) is 1. The molecule has 1 fully saturated rings. The van der Waals surface area contributed by atoms with Gasteiger partial charge in [0.2, 0.25) is 0 Å². The Morgan fingerprint density at radius 3 is 2.82 bits per heavy atom. The second-order valence-electron chi connectivity index (χ2n) is 4.93. The van der Waals surface area contributed by atoms with Crippen LogP contribution in [0.15, 0.2) is 18.2 Å². The zero-order chi connectivity index (χ0) is 12.4. The highest BCUT2D eigenvalue weighted by molar-refractivity contribution is 5.57. The van der Waals surface area contributed by atoms with E-state index in [9.17, 15) is 5.11 Å². The van der Waals surface area contributed by atoms with E-state index in [0.29, 0.717) is 5.92 Å². The fourth-order valence-electron chi connectivity index (χ4n) is 2.41. The molecule has 3 nitrogen and oxygen atoms in total. The normalized spacial score (nSPS) is 24.8. The van der Waals surface area contributed by atoms with Gasteiger partial charge in [0.15, 0.2) is 0 Å². The minimum atomic E-state index is -0.155. The van der Waals surface area contributed by atoms with Gasteiger partial charge >= 0.3 is 0 Å². The molecule has 0 spiro atoms. The molecule has 2 unspecified atom stereocenters. The van der Waals surface area contributed by atoms with Gasteiger partial charge in [0, 0.05) is 24.8 Å². The van der Waals surface area contributed by atoms with Crippen LogP contribution >= 0.6 is 0 Å². The van der Waals surface area contributed by atoms with Crippen molar-refractivity contribution in [1.82, 2.24) is 0 Å². The summed E-state index contributed by atoms with van der Waals surface area (Å²) < 4.78 is 5.27. The van der Waals surface area contributed by atoms with E-state index in [2.05, 4.69) is 30.9 Å². The molecule has 0 radical (unpaired) electrons. The summed E-state index contributed by atoms with van der Waals surface area (Å²) in [5, 5.41) is 9.76. The van der Waals surface area contributed by atoms with Gasteiger partial charge in [-0.15, -0.1) is 0 Å². The van der Waals surface area contributed by atoms with E-state index < -0.39 is 0 Å². The molecule has 3 heteroatoms. The predicted molar refractivity (Wildman–Crippen MR) is 69.7 cm³/mol. The van der Waals surface area contributed by atoms with Crippen molar-refractivity contribution in [1.29, 1.82) is 0 Å². The molecule has 0 amide bonds. The molecule has 1 aliphatic heterocycles. The molecule has 0 bridgehead atoms. The van der Waals surface area contributed by atoms with Gasteiger partial charge in [-0.1, -0.05) is 13.0 Å². The van der Waals surface area contributed by atoms with Crippen molar-refractivity contribution in [2.75, 3.05) is 25.1 Å². The zero-order valence-electron chi connectivity index (χ0n) is 10.8. The highest BCUT2D eigenvalue weighted by Gasteiger charge is 2.25. The number of benzene rings is 1. The van der Waals surface area contributed by atoms with Gasteiger partial charge in [-0.2, -0.15) is 0 Å². The number of aryl methyl sites for hydroxylation is 1. The van der Waals surface area contributed by atoms with Gasteiger partial charge in [-0.25, -0.2) is 0 Å². The Kier molecular flexibility index (Phi) is 3.57. The van der Waals surface area contributed by atoms with Gasteiger partial charge in [-0.3, -0.25) is 0 Å². The first-order valence-corrected chi connectivity index (χ1v) is 6.19. The Hall–Kier alpha value is -1.22. The quantitative estimate of drug-likeness (QED) is 0.853. The highest BCUT2D eigenvalue weighted by Crippen LogP contribution is 2.29. The van der Waals surface area contributed by atoms with E-state index in [-0.39, 0.29) is 6.10 Å². The molecular weight excluding hydrogens is 214 g/mol. The molecule has 0 saturated carbocycles. The van der Waals surface area contributed by atoms with E-state index in [1.54, 1.807) is 7.11 Å². The lowest BCUT2D eigenvalue weighted by Crippen LogP contribution is -2.42. The summed E-state index contributed by atoms with van der Waals surface area (Å²) in [5.41, 5.74) is 2.48. The molecule has 1 N–H and O–H groups in total. The molecule has 1 saturated heterocycles. The monoisotopic (exact) mass is 235 g/mol. The number of methoxy groups -OCH3 is 1. The van der Waals surface area contributed by atoms with E-state index >= 15 is 0 Å². The first-order chi connectivity index (χ1) is 8.11. The summed E-state index contributed by atoms with van der Waals surface area (Å²) in [6, 6.07) is 6.16. The first kappa shape index (κ1) is 12.2. The molecular formula is C14H21NO2. The Labute approximate surface area is 103 Å². The van der Waals surface area contributed by atoms with Gasteiger partial charge < -0.3 is 14.7 Å². The van der Waals surface area contributed by atoms with E-state index in [0.717, 1.165) is 25.3 Å². The first-order valence-electron chi connectivity index (χ1n) is 6.19. The number of hydrogen-bond acceptors (Lipinski definition) is 3. The van der Waals surface area contributed by atoms with Gasteiger partial charge in [-0.05, 0) is 30.9 Å². The molecule has 17 heavy (non-hydrogen) atoms. The van der Waals surface area contributed by atoms with E-state index in [1.165, 1.54) is 11.3 Å². The summed E-state index contributed by atoms with van der Waals surface area (Å²) in [5.74, 6) is 1.22. The van der Waals surface area contributed by atoms with E-state index in [4.69, 9.17) is 4.74 Å². The van der Waals surface area contributed by atoms with Crippen LogP contribution < -0.4 is 9.64 Å². The van der Waals surface area contributed by atoms with Gasteiger partial charge in [0.25, 0.3) is 0 Å². The van der Waals surface area contributed by atoms with Crippen LogP contribution in [-0.2, 0) is 0 Å². The Morgan fingerprint density at radius 1 is 1.41 bits per heavy atom. The number of hydrogen-bond donors (Lipinski definition) is 1. The number of anilines is 1. The highest BCUT2D eigenvalue weighted by atomic mass is 16.5. The number of aliphatic hydroxyl groups excluding tert-OH is 1. The zero-order valence-corrected chi connectivity index (χ0v) is 10.8. The van der Waals surface area contributed by atoms with Crippen molar-refractivity contribution >= 4 is 5.69 Å². The van der Waals surface area contributed by atoms with Crippen LogP contribution in [0.2, 0.25) is 0 Å². The van der Waals surface area contributed by atoms with Crippen molar-refractivity contribution in [2.24, 2.45) is 5.92 Å². The summed E-state index contributed by atoms with van der Waals surface area (Å²) in [4.78, 5) is 2.34. The van der Waals surface area contributed by atoms with Gasteiger partial charge in [0.1, 0.15) is 5.75 Å². The molecule has 1 aromatic carbocycles. The fourth-order valence-corrected chi connectivity index (χ4v) is 2.41. The summed E-state index contributed by atoms with van der Waals surface area (Å²) in [6.45, 7) is 6.05. The third kappa shape index (κ3) is 2.55. The standard InChI is InChI=1S/C14H21NO2/c1-10-4-5-12(17-3)8-13(10)15-7-6-14(16)11(2)9-15/h4-5,8,11,14,16H,6-7,9H2,1-3H3. The van der Waals surface area contributed by atoms with Crippen LogP contribution in [0, 0.1) is 12.8 Å². The second-order valence-corrected chi connectivity index (χ2v) is 4.93. The minimum absolute atomic E-state index is 0.155. The lowest BCUT2D eigenvalue weighted by Gasteiger charge is -2.36. The molecule has 1 aliphatic rings.